The van der Waals surface area contributed by atoms with Crippen LogP contribution in [0.25, 0.3) is 0 Å². The average Bonchev–Trinajstić information content (AvgIpc) is 2.58. The lowest BCUT2D eigenvalue weighted by molar-refractivity contribution is -0.385. The van der Waals surface area contributed by atoms with E-state index in [0.29, 0.717) is 11.3 Å². The van der Waals surface area contributed by atoms with Crippen LogP contribution in [0.2, 0.25) is 0 Å². The second kappa shape index (κ2) is 8.21. The van der Waals surface area contributed by atoms with E-state index in [0.717, 1.165) is 18.3 Å². The molecule has 9 nitrogen and oxygen atoms in total. The Balaban J connectivity index is 2.09. The van der Waals surface area contributed by atoms with Gasteiger partial charge >= 0.3 is 0 Å². The highest BCUT2D eigenvalue weighted by Crippen LogP contribution is 2.31. The largest absolute Gasteiger partial charge is 0.506 e. The molecule has 0 aliphatic heterocycles. The molecule has 0 aliphatic rings. The number of hydrazone groups is 1. The third-order valence-corrected chi connectivity index (χ3v) is 3.73. The van der Waals surface area contributed by atoms with Gasteiger partial charge in [-0.2, -0.15) is 5.10 Å². The summed E-state index contributed by atoms with van der Waals surface area (Å²) in [4.78, 5) is 33.2. The van der Waals surface area contributed by atoms with E-state index in [1.54, 1.807) is 12.1 Å². The predicted octanol–water partition coefficient (Wildman–Crippen LogP) is 2.79. The van der Waals surface area contributed by atoms with Crippen molar-refractivity contribution in [2.45, 2.75) is 6.92 Å². The van der Waals surface area contributed by atoms with Crippen molar-refractivity contribution in [3.8, 4) is 5.75 Å². The third kappa shape index (κ3) is 4.86. The van der Waals surface area contributed by atoms with E-state index in [1.807, 2.05) is 0 Å². The maximum absolute atomic E-state index is 12.0. The van der Waals surface area contributed by atoms with Crippen molar-refractivity contribution in [2.24, 2.45) is 5.10 Å². The molecule has 26 heavy (non-hydrogen) atoms. The average molecular weight is 421 g/mol. The van der Waals surface area contributed by atoms with Crippen LogP contribution in [0.5, 0.6) is 5.75 Å². The quantitative estimate of drug-likeness (QED) is 0.388. The van der Waals surface area contributed by atoms with Gasteiger partial charge in [0.15, 0.2) is 0 Å². The number of hydrogen-bond acceptors (Lipinski definition) is 6. The number of nitro groups is 1. The molecule has 0 saturated carbocycles. The molecule has 0 saturated heterocycles. The third-order valence-electron chi connectivity index (χ3n) is 3.13. The lowest BCUT2D eigenvalue weighted by atomic mass is 10.2. The Labute approximate surface area is 156 Å². The maximum atomic E-state index is 12.0. The summed E-state index contributed by atoms with van der Waals surface area (Å²) >= 11 is 3.01. The first kappa shape index (κ1) is 19.1. The second-order valence-corrected chi connectivity index (χ2v) is 5.93. The Bertz CT molecular complexity index is 896. The standard InChI is InChI=1S/C16H13BrN4O5/c1-9(22)19-12-4-2-10(3-5-12)16(24)20-18-8-11-6-13(21(25)26)7-14(17)15(11)23/h2-8,23H,1H3,(H,19,22)(H,20,24)/b18-8-. The fourth-order valence-electron chi connectivity index (χ4n) is 1.94. The van der Waals surface area contributed by atoms with Gasteiger partial charge in [-0.15, -0.1) is 0 Å². The topological polar surface area (TPSA) is 134 Å². The van der Waals surface area contributed by atoms with Gasteiger partial charge in [0.1, 0.15) is 5.75 Å². The van der Waals surface area contributed by atoms with E-state index in [4.69, 9.17) is 0 Å². The summed E-state index contributed by atoms with van der Waals surface area (Å²) in [5.74, 6) is -0.998. The summed E-state index contributed by atoms with van der Waals surface area (Å²) in [6, 6.07) is 8.39. The summed E-state index contributed by atoms with van der Waals surface area (Å²) in [5, 5.41) is 27.0. The van der Waals surface area contributed by atoms with Crippen LogP contribution in [-0.4, -0.2) is 28.1 Å². The number of halogens is 1. The highest BCUT2D eigenvalue weighted by atomic mass is 79.9. The van der Waals surface area contributed by atoms with Crippen LogP contribution in [0.1, 0.15) is 22.8 Å². The number of carbonyl (C=O) groups is 2. The van der Waals surface area contributed by atoms with Crippen molar-refractivity contribution in [3.63, 3.8) is 0 Å². The van der Waals surface area contributed by atoms with Crippen molar-refractivity contribution in [2.75, 3.05) is 5.32 Å². The molecular formula is C16H13BrN4O5. The number of nitrogens with zero attached hydrogens (tertiary/aromatic N) is 2. The minimum absolute atomic E-state index is 0.0624. The molecule has 3 N–H and O–H groups in total. The van der Waals surface area contributed by atoms with Gasteiger partial charge in [-0.05, 0) is 40.2 Å². The summed E-state index contributed by atoms with van der Waals surface area (Å²) in [5.41, 5.74) is 2.91. The first-order valence-corrected chi connectivity index (χ1v) is 7.95. The molecule has 0 radical (unpaired) electrons. The van der Waals surface area contributed by atoms with E-state index in [-0.39, 0.29) is 27.4 Å². The fourth-order valence-corrected chi connectivity index (χ4v) is 2.41. The second-order valence-electron chi connectivity index (χ2n) is 5.08. The number of rotatable bonds is 5. The summed E-state index contributed by atoms with van der Waals surface area (Å²) < 4.78 is 0.132. The number of anilines is 1. The summed E-state index contributed by atoms with van der Waals surface area (Å²) in [7, 11) is 0. The van der Waals surface area contributed by atoms with Gasteiger partial charge in [0.25, 0.3) is 11.6 Å². The molecule has 0 fully saturated rings. The Morgan fingerprint density at radius 1 is 1.27 bits per heavy atom. The first-order valence-electron chi connectivity index (χ1n) is 7.16. The zero-order valence-corrected chi connectivity index (χ0v) is 15.0. The molecule has 0 bridgehead atoms. The van der Waals surface area contributed by atoms with Crippen molar-refractivity contribution in [1.29, 1.82) is 0 Å². The van der Waals surface area contributed by atoms with Gasteiger partial charge in [0.05, 0.1) is 15.6 Å². The van der Waals surface area contributed by atoms with E-state index in [9.17, 15) is 24.8 Å². The number of aromatic hydroxyl groups is 1. The monoisotopic (exact) mass is 420 g/mol. The molecular weight excluding hydrogens is 408 g/mol. The van der Waals surface area contributed by atoms with E-state index < -0.39 is 10.8 Å². The Kier molecular flexibility index (Phi) is 6.02. The number of carbonyl (C=O) groups excluding carboxylic acids is 2. The molecule has 2 amide bonds. The van der Waals surface area contributed by atoms with Crippen molar-refractivity contribution in [3.05, 3.63) is 62.1 Å². The van der Waals surface area contributed by atoms with Gasteiger partial charge in [0, 0.05) is 35.9 Å². The highest BCUT2D eigenvalue weighted by Gasteiger charge is 2.13. The summed E-state index contributed by atoms with van der Waals surface area (Å²) in [6.07, 6.45) is 1.09. The van der Waals surface area contributed by atoms with Crippen molar-refractivity contribution in [1.82, 2.24) is 5.43 Å². The van der Waals surface area contributed by atoms with Gasteiger partial charge in [-0.25, -0.2) is 5.43 Å². The zero-order valence-electron chi connectivity index (χ0n) is 13.4. The Morgan fingerprint density at radius 3 is 2.50 bits per heavy atom. The van der Waals surface area contributed by atoms with Crippen LogP contribution >= 0.6 is 15.9 Å². The Morgan fingerprint density at radius 2 is 1.92 bits per heavy atom. The van der Waals surface area contributed by atoms with Gasteiger partial charge < -0.3 is 10.4 Å². The number of non-ortho nitro benzene ring substituents is 1. The molecule has 134 valence electrons. The molecule has 0 aromatic heterocycles. The molecule has 2 aromatic carbocycles. The summed E-state index contributed by atoms with van der Waals surface area (Å²) in [6.45, 7) is 1.37. The molecule has 0 heterocycles. The number of phenolic OH excluding ortho intramolecular Hbond substituents is 1. The van der Waals surface area contributed by atoms with Crippen LogP contribution < -0.4 is 10.7 Å². The van der Waals surface area contributed by atoms with E-state index in [1.165, 1.54) is 19.1 Å². The lowest BCUT2D eigenvalue weighted by Crippen LogP contribution is -2.17. The number of hydrogen-bond donors (Lipinski definition) is 3. The smallest absolute Gasteiger partial charge is 0.271 e. The SMILES string of the molecule is CC(=O)Nc1ccc(C(=O)N/N=C\c2cc([N+](=O)[O-])cc(Br)c2O)cc1. The predicted molar refractivity (Wildman–Crippen MR) is 98.3 cm³/mol. The van der Waals surface area contributed by atoms with E-state index in [2.05, 4.69) is 31.8 Å². The number of amides is 2. The normalized spacial score (nSPS) is 10.5. The van der Waals surface area contributed by atoms with Crippen molar-refractivity contribution < 1.29 is 19.6 Å². The van der Waals surface area contributed by atoms with Gasteiger partial charge in [0.2, 0.25) is 5.91 Å². The van der Waals surface area contributed by atoms with Crippen LogP contribution in [0.4, 0.5) is 11.4 Å². The number of nitrogens with one attached hydrogen (secondary N) is 2. The molecule has 0 spiro atoms. The molecule has 2 rings (SSSR count). The minimum Gasteiger partial charge on any atom is -0.506 e. The fraction of sp³-hybridized carbons (Fsp3) is 0.0625. The number of nitro benzene ring substituents is 1. The van der Waals surface area contributed by atoms with Gasteiger partial charge in [-0.1, -0.05) is 0 Å². The molecule has 0 aliphatic carbocycles. The zero-order chi connectivity index (χ0) is 19.3. The van der Waals surface area contributed by atoms with Crippen LogP contribution in [0.3, 0.4) is 0 Å². The van der Waals surface area contributed by atoms with E-state index >= 15 is 0 Å². The molecule has 10 heteroatoms. The van der Waals surface area contributed by atoms with Crippen LogP contribution in [0.15, 0.2) is 46.0 Å². The minimum atomic E-state index is -0.614. The lowest BCUT2D eigenvalue weighted by Gasteiger charge is -2.04. The van der Waals surface area contributed by atoms with Crippen LogP contribution in [0, 0.1) is 10.1 Å². The maximum Gasteiger partial charge on any atom is 0.271 e. The Hall–Kier alpha value is -3.27. The van der Waals surface area contributed by atoms with Crippen molar-refractivity contribution >= 4 is 45.3 Å². The van der Waals surface area contributed by atoms with Crippen LogP contribution in [-0.2, 0) is 4.79 Å². The first-order chi connectivity index (χ1) is 12.3. The highest BCUT2D eigenvalue weighted by molar-refractivity contribution is 9.10. The molecule has 0 unspecified atom stereocenters. The molecule has 0 atom stereocenters. The number of phenols is 1. The number of benzene rings is 2. The molecule has 2 aromatic rings. The van der Waals surface area contributed by atoms with Gasteiger partial charge in [-0.3, -0.25) is 19.7 Å².